The van der Waals surface area contributed by atoms with Gasteiger partial charge in [0.15, 0.2) is 0 Å². The second kappa shape index (κ2) is 17.3. The van der Waals surface area contributed by atoms with Gasteiger partial charge < -0.3 is 30.0 Å². The maximum Gasteiger partial charge on any atom is 2.00 e. The molecule has 36 heavy (non-hydrogen) atoms. The third kappa shape index (κ3) is 13.6. The van der Waals surface area contributed by atoms with Gasteiger partial charge in [-0.2, -0.15) is 0 Å². The number of carbonyl (C=O) groups is 2. The van der Waals surface area contributed by atoms with Crippen LogP contribution in [-0.2, 0) is 26.4 Å². The molecule has 2 aromatic carbocycles. The molecule has 0 aromatic heterocycles. The van der Waals surface area contributed by atoms with Gasteiger partial charge >= 0.3 is 16.8 Å². The molecule has 0 amide bonds. The fraction of sp³-hybridized carbons (Fsp3) is 0.407. The van der Waals surface area contributed by atoms with E-state index in [0.717, 1.165) is 36.1 Å². The number of aryl methyl sites for hydroxylation is 2. The number of rotatable bonds is 6. The minimum atomic E-state index is -1.08. The quantitative estimate of drug-likeness (QED) is 0.536. The largest absolute Gasteiger partial charge is 2.00 e. The summed E-state index contributed by atoms with van der Waals surface area (Å²) >= 11 is 0. The van der Waals surface area contributed by atoms with Crippen molar-refractivity contribution in [1.29, 1.82) is 0 Å². The molecule has 2 N–H and O–H groups in total. The van der Waals surface area contributed by atoms with Crippen LogP contribution in [-0.4, -0.2) is 41.2 Å². The number of aliphatic imine (C=N–C) groups is 2. The van der Waals surface area contributed by atoms with Crippen molar-refractivity contribution in [2.24, 2.45) is 9.98 Å². The third-order valence-electron chi connectivity index (χ3n) is 4.49. The predicted molar refractivity (Wildman–Crippen MR) is 135 cm³/mol. The van der Waals surface area contributed by atoms with E-state index in [9.17, 15) is 10.2 Å². The summed E-state index contributed by atoms with van der Waals surface area (Å²) < 4.78 is 0. The van der Waals surface area contributed by atoms with Crippen molar-refractivity contribution in [2.75, 3.05) is 6.67 Å². The zero-order chi connectivity index (χ0) is 27.3. The van der Waals surface area contributed by atoms with E-state index in [-0.39, 0.29) is 46.8 Å². The van der Waals surface area contributed by atoms with Crippen LogP contribution in [0.5, 0.6) is 11.5 Å². The number of benzene rings is 2. The van der Waals surface area contributed by atoms with Gasteiger partial charge in [-0.25, -0.2) is 0 Å². The average molecular weight is 544 g/mol. The van der Waals surface area contributed by atoms with Crippen molar-refractivity contribution >= 4 is 24.4 Å². The van der Waals surface area contributed by atoms with Gasteiger partial charge in [0.05, 0.1) is 0 Å². The molecule has 0 aliphatic rings. The molecule has 0 aliphatic carbocycles. The Hall–Kier alpha value is -3.17. The molecule has 0 saturated heterocycles. The normalized spacial score (nSPS) is 10.5. The van der Waals surface area contributed by atoms with Gasteiger partial charge in [-0.05, 0) is 73.9 Å². The van der Waals surface area contributed by atoms with Gasteiger partial charge in [-0.15, -0.1) is 0 Å². The van der Waals surface area contributed by atoms with Crippen LogP contribution in [0, 0.1) is 13.8 Å². The molecule has 8 nitrogen and oxygen atoms in total. The standard InChI is InChI=1S/C23H30N2O2.2C2H4O2.Co/c1-14(2)20-9-16(5)7-18(22(20)26)11-24-13-25-12-19-8-17(6)10-21(15(3)4)23(19)27;2*1-2(3)4;/h7-12,14-15,26-27H,13H2,1-6H3;2*1H3,(H,3,4);/q;;;+2/p-2. The maximum absolute atomic E-state index is 10.4. The Morgan fingerprint density at radius 2 is 1.06 bits per heavy atom. The van der Waals surface area contributed by atoms with Crippen LogP contribution >= 0.6 is 0 Å². The van der Waals surface area contributed by atoms with Crippen LogP contribution in [0.4, 0.5) is 0 Å². The first-order valence-corrected chi connectivity index (χ1v) is 11.2. The summed E-state index contributed by atoms with van der Waals surface area (Å²) in [4.78, 5) is 26.4. The Morgan fingerprint density at radius 1 is 0.778 bits per heavy atom. The van der Waals surface area contributed by atoms with Crippen LogP contribution in [0.1, 0.15) is 86.8 Å². The first-order valence-electron chi connectivity index (χ1n) is 11.2. The molecule has 199 valence electrons. The second-order valence-corrected chi connectivity index (χ2v) is 8.64. The summed E-state index contributed by atoms with van der Waals surface area (Å²) in [5, 5.41) is 38.6. The molecule has 0 fully saturated rings. The fourth-order valence-corrected chi connectivity index (χ4v) is 3.07. The van der Waals surface area contributed by atoms with Gasteiger partial charge in [0, 0.05) is 35.5 Å². The minimum Gasteiger partial charge on any atom is -0.550 e. The molecule has 1 radical (unpaired) electrons. The molecule has 0 aliphatic heterocycles. The number of aromatic hydroxyl groups is 2. The molecule has 0 spiro atoms. The molecular formula is C27H36CoN2O6. The number of phenolic OH excluding ortho intramolecular Hbond substituents is 2. The molecule has 2 aromatic rings. The van der Waals surface area contributed by atoms with Gasteiger partial charge in [0.1, 0.15) is 18.2 Å². The Morgan fingerprint density at radius 3 is 1.31 bits per heavy atom. The molecule has 0 atom stereocenters. The summed E-state index contributed by atoms with van der Waals surface area (Å²) in [6.45, 7) is 14.4. The van der Waals surface area contributed by atoms with Crippen molar-refractivity contribution in [2.45, 2.75) is 67.2 Å². The van der Waals surface area contributed by atoms with Crippen molar-refractivity contribution in [3.05, 3.63) is 57.6 Å². The molecule has 0 heterocycles. The Kier molecular flexibility index (Phi) is 16.8. The van der Waals surface area contributed by atoms with Gasteiger partial charge in [-0.1, -0.05) is 39.8 Å². The summed E-state index contributed by atoms with van der Waals surface area (Å²) in [6.07, 6.45) is 3.31. The van der Waals surface area contributed by atoms with Crippen molar-refractivity contribution < 1.29 is 46.8 Å². The SMILES string of the molecule is CC(=O)[O-].CC(=O)[O-].Cc1cc(C=NCN=Cc2cc(C)cc(C(C)C)c2O)c(O)c(C(C)C)c1.[Co+2]. The summed E-state index contributed by atoms with van der Waals surface area (Å²) in [6, 6.07) is 7.83. The van der Waals surface area contributed by atoms with E-state index in [4.69, 9.17) is 19.8 Å². The number of carboxylic acid groups (broad SMARTS) is 2. The molecule has 0 saturated carbocycles. The van der Waals surface area contributed by atoms with Crippen molar-refractivity contribution in [3.8, 4) is 11.5 Å². The number of carboxylic acids is 2. The van der Waals surface area contributed by atoms with Crippen molar-refractivity contribution in [1.82, 2.24) is 0 Å². The molecular weight excluding hydrogens is 507 g/mol. The van der Waals surface area contributed by atoms with E-state index >= 15 is 0 Å². The minimum absolute atomic E-state index is 0. The molecule has 0 unspecified atom stereocenters. The van der Waals surface area contributed by atoms with Gasteiger partial charge in [0.25, 0.3) is 0 Å². The number of hydrogen-bond donors (Lipinski definition) is 2. The van der Waals surface area contributed by atoms with Crippen LogP contribution in [0.2, 0.25) is 0 Å². The zero-order valence-corrected chi connectivity index (χ0v) is 23.1. The van der Waals surface area contributed by atoms with Crippen molar-refractivity contribution in [3.63, 3.8) is 0 Å². The molecule has 9 heteroatoms. The third-order valence-corrected chi connectivity index (χ3v) is 4.49. The summed E-state index contributed by atoms with van der Waals surface area (Å²) in [5.74, 6) is -1.12. The Labute approximate surface area is 224 Å². The zero-order valence-electron chi connectivity index (χ0n) is 22.1. The fourth-order valence-electron chi connectivity index (χ4n) is 3.07. The van der Waals surface area contributed by atoms with Crippen LogP contribution in [0.15, 0.2) is 34.3 Å². The van der Waals surface area contributed by atoms with E-state index in [1.54, 1.807) is 12.4 Å². The van der Waals surface area contributed by atoms with E-state index in [1.807, 2.05) is 38.1 Å². The summed E-state index contributed by atoms with van der Waals surface area (Å²) in [7, 11) is 0. The van der Waals surface area contributed by atoms with E-state index in [0.29, 0.717) is 11.1 Å². The average Bonchev–Trinajstić information content (AvgIpc) is 2.70. The number of hydrogen-bond acceptors (Lipinski definition) is 8. The second-order valence-electron chi connectivity index (χ2n) is 8.64. The number of phenols is 2. The van der Waals surface area contributed by atoms with Crippen LogP contribution in [0.3, 0.4) is 0 Å². The molecule has 0 bridgehead atoms. The van der Waals surface area contributed by atoms with Gasteiger partial charge in [0.2, 0.25) is 0 Å². The topological polar surface area (TPSA) is 145 Å². The van der Waals surface area contributed by atoms with Crippen LogP contribution in [0.25, 0.3) is 0 Å². The maximum atomic E-state index is 10.4. The van der Waals surface area contributed by atoms with E-state index < -0.39 is 11.9 Å². The van der Waals surface area contributed by atoms with E-state index in [1.165, 1.54) is 0 Å². The Balaban J connectivity index is 0. The number of carbonyl (C=O) groups excluding carboxylic acids is 2. The Bertz CT molecular complexity index is 971. The summed E-state index contributed by atoms with van der Waals surface area (Å²) in [5.41, 5.74) is 5.43. The van der Waals surface area contributed by atoms with Crippen LogP contribution < -0.4 is 10.2 Å². The first-order chi connectivity index (χ1) is 16.2. The molecule has 2 rings (SSSR count). The van der Waals surface area contributed by atoms with Gasteiger partial charge in [-0.3, -0.25) is 9.98 Å². The smallest absolute Gasteiger partial charge is 0.550 e. The first kappa shape index (κ1) is 35.0. The predicted octanol–water partition coefficient (Wildman–Crippen LogP) is 2.97. The monoisotopic (exact) mass is 543 g/mol. The number of aliphatic carboxylic acids is 2. The van der Waals surface area contributed by atoms with E-state index in [2.05, 4.69) is 37.7 Å². The number of nitrogens with zero attached hydrogens (tertiary/aromatic N) is 2.